The van der Waals surface area contributed by atoms with Gasteiger partial charge >= 0.3 is 5.97 Å². The molecule has 0 bridgehead atoms. The van der Waals surface area contributed by atoms with Gasteiger partial charge in [0, 0.05) is 18.2 Å². The van der Waals surface area contributed by atoms with Gasteiger partial charge in [0.15, 0.2) is 6.61 Å². The van der Waals surface area contributed by atoms with E-state index in [1.807, 2.05) is 26.0 Å². The van der Waals surface area contributed by atoms with Crippen LogP contribution in [0, 0.1) is 5.92 Å². The second-order valence-electron chi connectivity index (χ2n) is 8.51. The standard InChI is InChI=1S/C27H34N2O6/c1-5-19(6-2)28-24(30)17-35-27(32)23-15-16-25(31)29(20-9-13-22(34-4)14-10-20)26(23)18-7-11-21(33-3)12-8-18/h7-14,19,23,26H,5-6,15-17H2,1-4H3,(H,28,30)/t23-,26+/m0/s1. The number of nitrogens with zero attached hydrogens (tertiary/aromatic N) is 1. The first-order valence-corrected chi connectivity index (χ1v) is 12.0. The number of piperidine rings is 1. The van der Waals surface area contributed by atoms with E-state index >= 15 is 0 Å². The van der Waals surface area contributed by atoms with E-state index in [4.69, 9.17) is 14.2 Å². The summed E-state index contributed by atoms with van der Waals surface area (Å²) in [5.74, 6) is -0.221. The lowest BCUT2D eigenvalue weighted by Gasteiger charge is -2.40. The van der Waals surface area contributed by atoms with Crippen LogP contribution >= 0.6 is 0 Å². The third-order valence-corrected chi connectivity index (χ3v) is 6.40. The highest BCUT2D eigenvalue weighted by Gasteiger charge is 2.42. The summed E-state index contributed by atoms with van der Waals surface area (Å²) in [5.41, 5.74) is 1.43. The van der Waals surface area contributed by atoms with Gasteiger partial charge in [0.2, 0.25) is 5.91 Å². The van der Waals surface area contributed by atoms with Gasteiger partial charge in [0.1, 0.15) is 11.5 Å². The number of esters is 1. The molecule has 8 heteroatoms. The summed E-state index contributed by atoms with van der Waals surface area (Å²) in [4.78, 5) is 40.3. The summed E-state index contributed by atoms with van der Waals surface area (Å²) >= 11 is 0. The Morgan fingerprint density at radius 3 is 2.09 bits per heavy atom. The van der Waals surface area contributed by atoms with Crippen LogP contribution in [0.25, 0.3) is 0 Å². The maximum Gasteiger partial charge on any atom is 0.311 e. The number of nitrogens with one attached hydrogen (secondary N) is 1. The molecule has 0 spiro atoms. The van der Waals surface area contributed by atoms with E-state index in [1.54, 1.807) is 55.5 Å². The van der Waals surface area contributed by atoms with E-state index in [-0.39, 0.29) is 30.9 Å². The molecular formula is C27H34N2O6. The van der Waals surface area contributed by atoms with Gasteiger partial charge in [-0.3, -0.25) is 14.4 Å². The molecule has 2 atom stereocenters. The number of carbonyl (C=O) groups is 3. The van der Waals surface area contributed by atoms with E-state index in [1.165, 1.54) is 0 Å². The second-order valence-corrected chi connectivity index (χ2v) is 8.51. The molecule has 1 N–H and O–H groups in total. The molecule has 35 heavy (non-hydrogen) atoms. The second kappa shape index (κ2) is 12.2. The highest BCUT2D eigenvalue weighted by Crippen LogP contribution is 2.41. The van der Waals surface area contributed by atoms with Crippen LogP contribution < -0.4 is 19.7 Å². The highest BCUT2D eigenvalue weighted by molar-refractivity contribution is 5.97. The summed E-state index contributed by atoms with van der Waals surface area (Å²) in [6, 6.07) is 13.9. The molecular weight excluding hydrogens is 448 g/mol. The maximum atomic E-state index is 13.2. The van der Waals surface area contributed by atoms with E-state index in [9.17, 15) is 14.4 Å². The molecule has 2 aromatic rings. The van der Waals surface area contributed by atoms with Gasteiger partial charge in [-0.2, -0.15) is 0 Å². The van der Waals surface area contributed by atoms with Gasteiger partial charge in [-0.25, -0.2) is 0 Å². The average Bonchev–Trinajstić information content (AvgIpc) is 2.90. The molecule has 1 heterocycles. The first kappa shape index (κ1) is 26.1. The number of methoxy groups -OCH3 is 2. The zero-order valence-corrected chi connectivity index (χ0v) is 20.8. The Labute approximate surface area is 206 Å². The van der Waals surface area contributed by atoms with Crippen LogP contribution in [-0.2, 0) is 19.1 Å². The highest BCUT2D eigenvalue weighted by atomic mass is 16.5. The van der Waals surface area contributed by atoms with Crippen LogP contribution in [0.4, 0.5) is 5.69 Å². The molecule has 0 saturated carbocycles. The fourth-order valence-electron chi connectivity index (χ4n) is 4.37. The Kier molecular flexibility index (Phi) is 9.11. The molecule has 8 nitrogen and oxygen atoms in total. The Morgan fingerprint density at radius 1 is 0.971 bits per heavy atom. The molecule has 188 valence electrons. The average molecular weight is 483 g/mol. The summed E-state index contributed by atoms with van der Waals surface area (Å²) in [6.45, 7) is 3.64. The number of ether oxygens (including phenoxy) is 3. The predicted octanol–water partition coefficient (Wildman–Crippen LogP) is 4.04. The molecule has 0 unspecified atom stereocenters. The summed E-state index contributed by atoms with van der Waals surface area (Å²) < 4.78 is 16.0. The molecule has 1 fully saturated rings. The number of anilines is 1. The molecule has 0 aromatic heterocycles. The van der Waals surface area contributed by atoms with Gasteiger partial charge in [-0.1, -0.05) is 26.0 Å². The molecule has 2 aromatic carbocycles. The van der Waals surface area contributed by atoms with Crippen molar-refractivity contribution in [1.29, 1.82) is 0 Å². The minimum atomic E-state index is -0.635. The SMILES string of the molecule is CCC(CC)NC(=O)COC(=O)[C@H]1CCC(=O)N(c2ccc(OC)cc2)[C@@H]1c1ccc(OC)cc1. The van der Waals surface area contributed by atoms with Gasteiger partial charge in [0.25, 0.3) is 5.91 Å². The quantitative estimate of drug-likeness (QED) is 0.514. The van der Waals surface area contributed by atoms with Crippen molar-refractivity contribution >= 4 is 23.5 Å². The van der Waals surface area contributed by atoms with Crippen LogP contribution in [0.2, 0.25) is 0 Å². The van der Waals surface area contributed by atoms with Crippen molar-refractivity contribution in [3.8, 4) is 11.5 Å². The summed E-state index contributed by atoms with van der Waals surface area (Å²) in [6.07, 6.45) is 2.13. The Bertz CT molecular complexity index is 1000. The number of rotatable bonds is 10. The molecule has 0 radical (unpaired) electrons. The number of benzene rings is 2. The van der Waals surface area contributed by atoms with E-state index in [0.29, 0.717) is 23.6 Å². The summed E-state index contributed by atoms with van der Waals surface area (Å²) in [7, 11) is 3.16. The lowest BCUT2D eigenvalue weighted by molar-refractivity contribution is -0.154. The fourth-order valence-corrected chi connectivity index (χ4v) is 4.37. The van der Waals surface area contributed by atoms with Crippen molar-refractivity contribution in [3.05, 3.63) is 54.1 Å². The third-order valence-electron chi connectivity index (χ3n) is 6.40. The first-order valence-electron chi connectivity index (χ1n) is 12.0. The largest absolute Gasteiger partial charge is 0.497 e. The van der Waals surface area contributed by atoms with Gasteiger partial charge in [-0.05, 0) is 61.2 Å². The van der Waals surface area contributed by atoms with Crippen LogP contribution in [0.3, 0.4) is 0 Å². The molecule has 0 aliphatic carbocycles. The number of hydrogen-bond acceptors (Lipinski definition) is 6. The van der Waals surface area contributed by atoms with Crippen LogP contribution in [-0.4, -0.2) is 44.7 Å². The minimum Gasteiger partial charge on any atom is -0.497 e. The zero-order chi connectivity index (χ0) is 25.4. The Morgan fingerprint density at radius 2 is 1.54 bits per heavy atom. The topological polar surface area (TPSA) is 94.2 Å². The maximum absolute atomic E-state index is 13.2. The molecule has 1 aliphatic heterocycles. The molecule has 3 rings (SSSR count). The van der Waals surface area contributed by atoms with Crippen molar-refractivity contribution in [3.63, 3.8) is 0 Å². The van der Waals surface area contributed by atoms with Crippen LogP contribution in [0.5, 0.6) is 11.5 Å². The minimum absolute atomic E-state index is 0.0473. The Hall–Kier alpha value is -3.55. The Balaban J connectivity index is 1.88. The molecule has 2 amide bonds. The number of carbonyl (C=O) groups excluding carboxylic acids is 3. The molecule has 1 saturated heterocycles. The first-order chi connectivity index (χ1) is 16.9. The van der Waals surface area contributed by atoms with E-state index in [0.717, 1.165) is 18.4 Å². The van der Waals surface area contributed by atoms with Gasteiger partial charge < -0.3 is 24.4 Å². The van der Waals surface area contributed by atoms with Crippen molar-refractivity contribution in [1.82, 2.24) is 5.32 Å². The van der Waals surface area contributed by atoms with Crippen molar-refractivity contribution in [2.45, 2.75) is 51.6 Å². The summed E-state index contributed by atoms with van der Waals surface area (Å²) in [5, 5.41) is 2.88. The lowest BCUT2D eigenvalue weighted by atomic mass is 9.83. The smallest absolute Gasteiger partial charge is 0.311 e. The molecule has 1 aliphatic rings. The van der Waals surface area contributed by atoms with Crippen molar-refractivity contribution in [2.24, 2.45) is 5.92 Å². The van der Waals surface area contributed by atoms with E-state index in [2.05, 4.69) is 5.32 Å². The number of hydrogen-bond donors (Lipinski definition) is 1. The van der Waals surface area contributed by atoms with Crippen LogP contribution in [0.15, 0.2) is 48.5 Å². The van der Waals surface area contributed by atoms with E-state index < -0.39 is 17.9 Å². The number of amides is 2. The zero-order valence-electron chi connectivity index (χ0n) is 20.8. The van der Waals surface area contributed by atoms with Gasteiger partial charge in [0.05, 0.1) is 26.2 Å². The normalized spacial score (nSPS) is 17.7. The fraction of sp³-hybridized carbons (Fsp3) is 0.444. The van der Waals surface area contributed by atoms with Crippen molar-refractivity contribution in [2.75, 3.05) is 25.7 Å². The lowest BCUT2D eigenvalue weighted by Crippen LogP contribution is -2.46. The monoisotopic (exact) mass is 482 g/mol. The third kappa shape index (κ3) is 6.32. The predicted molar refractivity (Wildman–Crippen MR) is 132 cm³/mol. The van der Waals surface area contributed by atoms with Gasteiger partial charge in [-0.15, -0.1) is 0 Å². The van der Waals surface area contributed by atoms with Crippen molar-refractivity contribution < 1.29 is 28.6 Å². The van der Waals surface area contributed by atoms with Crippen LogP contribution in [0.1, 0.15) is 51.1 Å².